The Labute approximate surface area is 113 Å². The molecule has 1 rings (SSSR count). The minimum Gasteiger partial charge on any atom is -0.377 e. The van der Waals surface area contributed by atoms with E-state index in [1.807, 2.05) is 30.3 Å². The topological polar surface area (TPSA) is 9.23 Å². The number of unbranched alkanes of at least 4 members (excludes halogenated alkanes) is 4. The van der Waals surface area contributed by atoms with E-state index in [0.29, 0.717) is 13.0 Å². The molecule has 1 aromatic carbocycles. The maximum atomic E-state index is 7.51. The largest absolute Gasteiger partial charge is 0.377 e. The van der Waals surface area contributed by atoms with Gasteiger partial charge in [-0.15, -0.1) is 0 Å². The van der Waals surface area contributed by atoms with Gasteiger partial charge in [0.1, 0.15) is 0 Å². The molecule has 0 aliphatic rings. The summed E-state index contributed by atoms with van der Waals surface area (Å²) in [6.45, 7) is -1.15. The molecule has 0 radical (unpaired) electrons. The lowest BCUT2D eigenvalue weighted by molar-refractivity contribution is 0.116. The lowest BCUT2D eigenvalue weighted by Gasteiger charge is -2.04. The summed E-state index contributed by atoms with van der Waals surface area (Å²) >= 11 is 0. The molecule has 0 aromatic heterocycles. The number of ether oxygens (including phenoxy) is 1. The summed E-state index contributed by atoms with van der Waals surface area (Å²) in [5.74, 6) is 0. The number of benzene rings is 1. The van der Waals surface area contributed by atoms with Gasteiger partial charge in [0.15, 0.2) is 0 Å². The van der Waals surface area contributed by atoms with Crippen molar-refractivity contribution in [3.8, 4) is 0 Å². The van der Waals surface area contributed by atoms with Crippen molar-refractivity contribution < 1.29 is 11.6 Å². The SMILES string of the molecule is [2H]C([2H])([2H])C([2H])([2H])CCCCCCCOCc1ccccc1. The zero-order chi connectivity index (χ0) is 16.5. The van der Waals surface area contributed by atoms with Crippen LogP contribution in [0.5, 0.6) is 0 Å². The van der Waals surface area contributed by atoms with Crippen LogP contribution in [0.3, 0.4) is 0 Å². The first kappa shape index (κ1) is 8.31. The maximum absolute atomic E-state index is 7.51. The van der Waals surface area contributed by atoms with Gasteiger partial charge in [-0.3, -0.25) is 0 Å². The molecule has 1 aromatic rings. The van der Waals surface area contributed by atoms with Gasteiger partial charge in [0.2, 0.25) is 0 Å². The second kappa shape index (κ2) is 10.3. The molecule has 1 heteroatoms. The van der Waals surface area contributed by atoms with Gasteiger partial charge in [-0.05, 0) is 12.0 Å². The van der Waals surface area contributed by atoms with Crippen LogP contribution in [0.4, 0.5) is 0 Å². The molecule has 1 nitrogen and oxygen atoms in total. The first-order valence-electron chi connectivity index (χ1n) is 8.95. The highest BCUT2D eigenvalue weighted by Gasteiger charge is 1.93. The number of hydrogen-bond acceptors (Lipinski definition) is 1. The molecule has 0 amide bonds. The molecule has 0 N–H and O–H groups in total. The minimum absolute atomic E-state index is 0.105. The molecule has 17 heavy (non-hydrogen) atoms. The van der Waals surface area contributed by atoms with Crippen LogP contribution in [-0.4, -0.2) is 6.61 Å². The molecule has 0 fully saturated rings. The van der Waals surface area contributed by atoms with E-state index in [4.69, 9.17) is 11.6 Å². The van der Waals surface area contributed by atoms with Crippen LogP contribution >= 0.6 is 0 Å². The molecular formula is C16H26O. The molecule has 0 aliphatic heterocycles. The fourth-order valence-electron chi connectivity index (χ4n) is 1.71. The summed E-state index contributed by atoms with van der Waals surface area (Å²) in [6.07, 6.45) is 2.54. The normalized spacial score (nSPS) is 16.6. The van der Waals surface area contributed by atoms with E-state index in [1.165, 1.54) is 5.56 Å². The number of rotatable bonds is 10. The third-order valence-corrected chi connectivity index (χ3v) is 2.70. The first-order valence-corrected chi connectivity index (χ1v) is 6.45. The van der Waals surface area contributed by atoms with E-state index in [2.05, 4.69) is 0 Å². The second-order valence-electron chi connectivity index (χ2n) is 4.23. The van der Waals surface area contributed by atoms with Crippen molar-refractivity contribution in [1.82, 2.24) is 0 Å². The highest BCUT2D eigenvalue weighted by molar-refractivity contribution is 5.13. The van der Waals surface area contributed by atoms with E-state index < -0.39 is 13.2 Å². The van der Waals surface area contributed by atoms with Crippen molar-refractivity contribution in [2.75, 3.05) is 6.61 Å². The molecule has 0 bridgehead atoms. The first-order chi connectivity index (χ1) is 10.3. The van der Waals surface area contributed by atoms with Crippen molar-refractivity contribution in [2.24, 2.45) is 0 Å². The Hall–Kier alpha value is -0.820. The summed E-state index contributed by atoms with van der Waals surface area (Å²) < 4.78 is 42.0. The van der Waals surface area contributed by atoms with Gasteiger partial charge in [0.05, 0.1) is 6.61 Å². The fourth-order valence-corrected chi connectivity index (χ4v) is 1.71. The van der Waals surface area contributed by atoms with Crippen molar-refractivity contribution in [2.45, 2.75) is 58.4 Å². The summed E-state index contributed by atoms with van der Waals surface area (Å²) in [5.41, 5.74) is 1.18. The zero-order valence-electron chi connectivity index (χ0n) is 15.5. The Bertz CT molecular complexity index is 403. The van der Waals surface area contributed by atoms with Crippen LogP contribution in [-0.2, 0) is 11.3 Å². The van der Waals surface area contributed by atoms with Crippen LogP contribution in [0.2, 0.25) is 0 Å². The predicted molar refractivity (Wildman–Crippen MR) is 74.1 cm³/mol. The van der Waals surface area contributed by atoms with Crippen LogP contribution in [0.25, 0.3) is 0 Å². The van der Waals surface area contributed by atoms with E-state index in [0.717, 1.165) is 32.3 Å². The lowest BCUT2D eigenvalue weighted by atomic mass is 10.1. The minimum atomic E-state index is -2.52. The zero-order valence-corrected chi connectivity index (χ0v) is 10.5. The standard InChI is InChI=1S/C16H26O/c1-2-3-4-5-6-7-11-14-17-15-16-12-9-8-10-13-16/h8-10,12-13H,2-7,11,14-15H2,1H3/i1D3,2D2. The lowest BCUT2D eigenvalue weighted by Crippen LogP contribution is -1.95. The molecule has 0 atom stereocenters. The molecular weight excluding hydrogens is 208 g/mol. The molecule has 0 aliphatic carbocycles. The highest BCUT2D eigenvalue weighted by atomic mass is 16.5. The third-order valence-electron chi connectivity index (χ3n) is 2.70. The molecule has 0 heterocycles. The Kier molecular flexibility index (Phi) is 5.06. The highest BCUT2D eigenvalue weighted by Crippen LogP contribution is 2.07. The smallest absolute Gasteiger partial charge is 0.0716 e. The van der Waals surface area contributed by atoms with Gasteiger partial charge in [0, 0.05) is 13.5 Å². The van der Waals surface area contributed by atoms with E-state index in [9.17, 15) is 0 Å². The summed E-state index contributed by atoms with van der Waals surface area (Å²) in [7, 11) is 0. The second-order valence-corrected chi connectivity index (χ2v) is 4.23. The maximum Gasteiger partial charge on any atom is 0.0716 e. The van der Waals surface area contributed by atoms with Gasteiger partial charge in [-0.2, -0.15) is 0 Å². The Morgan fingerprint density at radius 1 is 1.00 bits per heavy atom. The summed E-state index contributed by atoms with van der Waals surface area (Å²) in [5, 5.41) is 0. The Morgan fingerprint density at radius 3 is 2.47 bits per heavy atom. The van der Waals surface area contributed by atoms with Crippen molar-refractivity contribution in [3.05, 3.63) is 35.9 Å². The van der Waals surface area contributed by atoms with E-state index >= 15 is 0 Å². The predicted octanol–water partition coefficient (Wildman–Crippen LogP) is 4.95. The van der Waals surface area contributed by atoms with Gasteiger partial charge in [0.25, 0.3) is 0 Å². The van der Waals surface area contributed by atoms with Crippen LogP contribution in [0.15, 0.2) is 30.3 Å². The van der Waals surface area contributed by atoms with E-state index in [-0.39, 0.29) is 6.42 Å². The van der Waals surface area contributed by atoms with Crippen molar-refractivity contribution >= 4 is 0 Å². The van der Waals surface area contributed by atoms with Gasteiger partial charge >= 0.3 is 0 Å². The van der Waals surface area contributed by atoms with Gasteiger partial charge in [-0.25, -0.2) is 0 Å². The summed E-state index contributed by atoms with van der Waals surface area (Å²) in [4.78, 5) is 0. The van der Waals surface area contributed by atoms with Crippen molar-refractivity contribution in [1.29, 1.82) is 0 Å². The van der Waals surface area contributed by atoms with Crippen LogP contribution < -0.4 is 0 Å². The third kappa shape index (κ3) is 7.98. The molecule has 0 saturated carbocycles. The van der Waals surface area contributed by atoms with Crippen LogP contribution in [0, 0.1) is 0 Å². The monoisotopic (exact) mass is 239 g/mol. The van der Waals surface area contributed by atoms with Crippen LogP contribution in [0.1, 0.15) is 64.2 Å². The summed E-state index contributed by atoms with van der Waals surface area (Å²) in [6, 6.07) is 10.1. The van der Waals surface area contributed by atoms with Crippen molar-refractivity contribution in [3.63, 3.8) is 0 Å². The molecule has 96 valence electrons. The van der Waals surface area contributed by atoms with Gasteiger partial charge in [-0.1, -0.05) is 75.7 Å². The Balaban J connectivity index is 1.96. The average Bonchev–Trinajstić information content (AvgIpc) is 2.45. The number of hydrogen-bond donors (Lipinski definition) is 0. The van der Waals surface area contributed by atoms with Gasteiger partial charge < -0.3 is 4.74 Å². The molecule has 0 unspecified atom stereocenters. The quantitative estimate of drug-likeness (QED) is 0.525. The Morgan fingerprint density at radius 2 is 1.71 bits per heavy atom. The molecule has 0 saturated heterocycles. The molecule has 0 spiro atoms. The van der Waals surface area contributed by atoms with E-state index in [1.54, 1.807) is 0 Å². The fraction of sp³-hybridized carbons (Fsp3) is 0.625. The average molecular weight is 239 g/mol.